The third kappa shape index (κ3) is 3.59. The van der Waals surface area contributed by atoms with E-state index >= 15 is 0 Å². The number of carbonyl (C=O) groups is 1. The third-order valence-corrected chi connectivity index (χ3v) is 4.83. The van der Waals surface area contributed by atoms with Crippen molar-refractivity contribution in [3.8, 4) is 0 Å². The number of nitrogens with one attached hydrogen (secondary N) is 1. The van der Waals surface area contributed by atoms with Crippen LogP contribution in [0.5, 0.6) is 0 Å². The summed E-state index contributed by atoms with van der Waals surface area (Å²) < 4.78 is 0. The van der Waals surface area contributed by atoms with E-state index in [1.165, 1.54) is 12.8 Å². The number of likely N-dealkylation sites (tertiary alicyclic amines) is 1. The number of rotatable bonds is 4. The van der Waals surface area contributed by atoms with Crippen molar-refractivity contribution < 1.29 is 4.79 Å². The van der Waals surface area contributed by atoms with Crippen molar-refractivity contribution in [3.05, 3.63) is 11.6 Å². The summed E-state index contributed by atoms with van der Waals surface area (Å²) in [5.41, 5.74) is 1.55. The standard InChI is InChI=1S/C16H28N2O/c1-4-16(19)18-9-8-14(11-18)17-10-15-12(2)6-5-7-13(15)3/h6,13-15,17H,4-5,7-11H2,1-3H3/t13-,14-,15+/m0/s1. The lowest BCUT2D eigenvalue weighted by atomic mass is 9.80. The van der Waals surface area contributed by atoms with Crippen LogP contribution in [0.2, 0.25) is 0 Å². The number of amides is 1. The van der Waals surface area contributed by atoms with Crippen molar-refractivity contribution in [1.82, 2.24) is 10.2 Å². The highest BCUT2D eigenvalue weighted by Gasteiger charge is 2.27. The highest BCUT2D eigenvalue weighted by atomic mass is 16.2. The van der Waals surface area contributed by atoms with Gasteiger partial charge in [-0.2, -0.15) is 0 Å². The van der Waals surface area contributed by atoms with E-state index in [0.717, 1.165) is 32.0 Å². The van der Waals surface area contributed by atoms with Crippen molar-refractivity contribution in [2.75, 3.05) is 19.6 Å². The average Bonchev–Trinajstić information content (AvgIpc) is 2.86. The minimum Gasteiger partial charge on any atom is -0.341 e. The molecule has 0 radical (unpaired) electrons. The Bertz CT molecular complexity index is 351. The summed E-state index contributed by atoms with van der Waals surface area (Å²) in [5, 5.41) is 3.69. The zero-order chi connectivity index (χ0) is 13.8. The SMILES string of the molecule is CCC(=O)N1CC[C@H](NC[C@@H]2C(C)=CCC[C@@H]2C)C1. The molecule has 0 spiro atoms. The van der Waals surface area contributed by atoms with Crippen LogP contribution in [0, 0.1) is 11.8 Å². The van der Waals surface area contributed by atoms with Gasteiger partial charge in [-0.15, -0.1) is 0 Å². The number of hydrogen-bond donors (Lipinski definition) is 1. The fourth-order valence-electron chi connectivity index (χ4n) is 3.41. The summed E-state index contributed by atoms with van der Waals surface area (Å²) in [4.78, 5) is 13.7. The first kappa shape index (κ1) is 14.6. The fraction of sp³-hybridized carbons (Fsp3) is 0.812. The van der Waals surface area contributed by atoms with Gasteiger partial charge in [0.2, 0.25) is 5.91 Å². The molecule has 3 nitrogen and oxygen atoms in total. The summed E-state index contributed by atoms with van der Waals surface area (Å²) in [5.74, 6) is 1.77. The van der Waals surface area contributed by atoms with Crippen molar-refractivity contribution in [1.29, 1.82) is 0 Å². The number of carbonyl (C=O) groups excluding carboxylic acids is 1. The molecule has 1 aliphatic heterocycles. The lowest BCUT2D eigenvalue weighted by Crippen LogP contribution is -2.39. The van der Waals surface area contributed by atoms with Crippen LogP contribution in [-0.4, -0.2) is 36.5 Å². The second kappa shape index (κ2) is 6.56. The molecule has 0 aromatic rings. The zero-order valence-electron chi connectivity index (χ0n) is 12.6. The Morgan fingerprint density at radius 3 is 2.95 bits per heavy atom. The molecule has 108 valence electrons. The van der Waals surface area contributed by atoms with Gasteiger partial charge in [0.15, 0.2) is 0 Å². The lowest BCUT2D eigenvalue weighted by molar-refractivity contribution is -0.129. The summed E-state index contributed by atoms with van der Waals surface area (Å²) in [7, 11) is 0. The molecule has 1 fully saturated rings. The Balaban J connectivity index is 1.79. The van der Waals surface area contributed by atoms with Crippen LogP contribution in [-0.2, 0) is 4.79 Å². The van der Waals surface area contributed by atoms with E-state index in [9.17, 15) is 4.79 Å². The molecule has 1 amide bonds. The van der Waals surface area contributed by atoms with Crippen LogP contribution >= 0.6 is 0 Å². The van der Waals surface area contributed by atoms with Gasteiger partial charge in [0.05, 0.1) is 0 Å². The topological polar surface area (TPSA) is 32.3 Å². The third-order valence-electron chi connectivity index (χ3n) is 4.83. The molecule has 1 N–H and O–H groups in total. The van der Waals surface area contributed by atoms with Gasteiger partial charge in [0, 0.05) is 32.1 Å². The molecule has 1 heterocycles. The number of hydrogen-bond acceptors (Lipinski definition) is 2. The Labute approximate surface area is 117 Å². The normalized spacial score (nSPS) is 31.4. The summed E-state index contributed by atoms with van der Waals surface area (Å²) >= 11 is 0. The first-order chi connectivity index (χ1) is 9.11. The van der Waals surface area contributed by atoms with E-state index < -0.39 is 0 Å². The molecule has 19 heavy (non-hydrogen) atoms. The first-order valence-electron chi connectivity index (χ1n) is 7.79. The molecule has 2 aliphatic rings. The van der Waals surface area contributed by atoms with Gasteiger partial charge in [-0.3, -0.25) is 4.79 Å². The second-order valence-corrected chi connectivity index (χ2v) is 6.20. The van der Waals surface area contributed by atoms with Crippen LogP contribution in [0.4, 0.5) is 0 Å². The average molecular weight is 264 g/mol. The summed E-state index contributed by atoms with van der Waals surface area (Å²) in [6, 6.07) is 0.498. The van der Waals surface area contributed by atoms with Crippen molar-refractivity contribution in [3.63, 3.8) is 0 Å². The van der Waals surface area contributed by atoms with Gasteiger partial charge in [-0.05, 0) is 38.0 Å². The molecular formula is C16H28N2O. The quantitative estimate of drug-likeness (QED) is 0.792. The predicted octanol–water partition coefficient (Wildman–Crippen LogP) is 2.58. The van der Waals surface area contributed by atoms with Gasteiger partial charge >= 0.3 is 0 Å². The minimum absolute atomic E-state index is 0.298. The molecule has 1 saturated heterocycles. The Hall–Kier alpha value is -0.830. The van der Waals surface area contributed by atoms with Gasteiger partial charge in [0.1, 0.15) is 0 Å². The van der Waals surface area contributed by atoms with Gasteiger partial charge < -0.3 is 10.2 Å². The molecule has 3 heteroatoms. The molecule has 0 bridgehead atoms. The monoisotopic (exact) mass is 264 g/mol. The van der Waals surface area contributed by atoms with E-state index in [2.05, 4.69) is 25.2 Å². The van der Waals surface area contributed by atoms with E-state index in [4.69, 9.17) is 0 Å². The summed E-state index contributed by atoms with van der Waals surface area (Å²) in [6.45, 7) is 9.48. The highest BCUT2D eigenvalue weighted by Crippen LogP contribution is 2.29. The molecular weight excluding hydrogens is 236 g/mol. The number of nitrogens with zero attached hydrogens (tertiary/aromatic N) is 1. The molecule has 0 aromatic heterocycles. The molecule has 0 aromatic carbocycles. The molecule has 1 aliphatic carbocycles. The molecule has 0 saturated carbocycles. The largest absolute Gasteiger partial charge is 0.341 e. The maximum absolute atomic E-state index is 11.7. The van der Waals surface area contributed by atoms with E-state index in [0.29, 0.717) is 24.3 Å². The highest BCUT2D eigenvalue weighted by molar-refractivity contribution is 5.76. The lowest BCUT2D eigenvalue weighted by Gasteiger charge is -2.30. The molecule has 2 rings (SSSR count). The van der Waals surface area contributed by atoms with Gasteiger partial charge in [0.25, 0.3) is 0 Å². The summed E-state index contributed by atoms with van der Waals surface area (Å²) in [6.07, 6.45) is 6.69. The van der Waals surface area contributed by atoms with Gasteiger partial charge in [-0.1, -0.05) is 25.5 Å². The second-order valence-electron chi connectivity index (χ2n) is 6.20. The van der Waals surface area contributed by atoms with E-state index in [-0.39, 0.29) is 0 Å². The smallest absolute Gasteiger partial charge is 0.222 e. The zero-order valence-corrected chi connectivity index (χ0v) is 12.6. The van der Waals surface area contributed by atoms with Crippen LogP contribution < -0.4 is 5.32 Å². The maximum atomic E-state index is 11.7. The molecule has 3 atom stereocenters. The van der Waals surface area contributed by atoms with E-state index in [1.807, 2.05) is 11.8 Å². The van der Waals surface area contributed by atoms with Crippen molar-refractivity contribution in [2.45, 2.75) is 52.5 Å². The van der Waals surface area contributed by atoms with Crippen LogP contribution in [0.15, 0.2) is 11.6 Å². The Kier molecular flexibility index (Phi) is 5.03. The fourth-order valence-corrected chi connectivity index (χ4v) is 3.41. The van der Waals surface area contributed by atoms with Gasteiger partial charge in [-0.25, -0.2) is 0 Å². The Morgan fingerprint density at radius 2 is 2.26 bits per heavy atom. The minimum atomic E-state index is 0.298. The predicted molar refractivity (Wildman–Crippen MR) is 78.9 cm³/mol. The Morgan fingerprint density at radius 1 is 1.47 bits per heavy atom. The van der Waals surface area contributed by atoms with Crippen LogP contribution in [0.25, 0.3) is 0 Å². The number of allylic oxidation sites excluding steroid dienone is 1. The van der Waals surface area contributed by atoms with Crippen molar-refractivity contribution in [2.24, 2.45) is 11.8 Å². The maximum Gasteiger partial charge on any atom is 0.222 e. The van der Waals surface area contributed by atoms with Crippen molar-refractivity contribution >= 4 is 5.91 Å². The van der Waals surface area contributed by atoms with Crippen LogP contribution in [0.3, 0.4) is 0 Å². The molecule has 0 unspecified atom stereocenters. The van der Waals surface area contributed by atoms with Crippen LogP contribution in [0.1, 0.15) is 46.5 Å². The van der Waals surface area contributed by atoms with E-state index in [1.54, 1.807) is 5.57 Å². The first-order valence-corrected chi connectivity index (χ1v) is 7.79.